The lowest BCUT2D eigenvalue weighted by molar-refractivity contribution is 0.101. The Kier molecular flexibility index (Phi) is 4.47. The Morgan fingerprint density at radius 1 is 1.24 bits per heavy atom. The normalized spacial score (nSPS) is 10.7. The van der Waals surface area contributed by atoms with Crippen LogP contribution in [0.1, 0.15) is 17.4 Å². The number of anilines is 1. The quantitative estimate of drug-likeness (QED) is 0.792. The minimum atomic E-state index is -0.657. The van der Waals surface area contributed by atoms with Crippen LogP contribution in [0.3, 0.4) is 0 Å². The first kappa shape index (κ1) is 16.6. The van der Waals surface area contributed by atoms with E-state index in [0.29, 0.717) is 23.6 Å². The Morgan fingerprint density at radius 3 is 2.64 bits per heavy atom. The van der Waals surface area contributed by atoms with E-state index < -0.39 is 17.2 Å². The number of amides is 1. The monoisotopic (exact) mass is 341 g/mol. The third-order valence-corrected chi connectivity index (χ3v) is 3.66. The highest BCUT2D eigenvalue weighted by Crippen LogP contribution is 2.16. The molecule has 3 rings (SSSR count). The van der Waals surface area contributed by atoms with Crippen LogP contribution in [0.4, 0.5) is 10.1 Å². The lowest BCUT2D eigenvalue weighted by Crippen LogP contribution is -2.26. The highest BCUT2D eigenvalue weighted by molar-refractivity contribution is 6.04. The lowest BCUT2D eigenvalue weighted by atomic mass is 10.2. The molecule has 1 amide bonds. The van der Waals surface area contributed by atoms with E-state index in [1.807, 2.05) is 6.92 Å². The molecule has 0 aliphatic rings. The molecule has 6 nitrogen and oxygen atoms in total. The molecule has 0 aliphatic heterocycles. The Hall–Kier alpha value is -3.22. The highest BCUT2D eigenvalue weighted by Gasteiger charge is 2.17. The Balaban J connectivity index is 1.94. The van der Waals surface area contributed by atoms with E-state index in [-0.39, 0.29) is 11.1 Å². The predicted molar refractivity (Wildman–Crippen MR) is 92.5 cm³/mol. The molecular weight excluding hydrogens is 325 g/mol. The molecule has 0 aliphatic carbocycles. The predicted octanol–water partition coefficient (Wildman–Crippen LogP) is 2.72. The van der Waals surface area contributed by atoms with Crippen LogP contribution in [0.2, 0.25) is 0 Å². The average molecular weight is 341 g/mol. The molecule has 0 spiro atoms. The summed E-state index contributed by atoms with van der Waals surface area (Å²) >= 11 is 0. The van der Waals surface area contributed by atoms with Gasteiger partial charge in [-0.2, -0.15) is 5.10 Å². The number of halogens is 1. The number of carbonyl (C=O) groups excluding carboxylic acids is 1. The van der Waals surface area contributed by atoms with Crippen molar-refractivity contribution in [2.75, 3.05) is 11.9 Å². The SMILES string of the molecule is CCOc1ccc(NC(=O)c2nn(C)c3ccc(F)cc3c2=O)cc1. The molecular formula is C18H16FN3O3. The van der Waals surface area contributed by atoms with Gasteiger partial charge in [-0.15, -0.1) is 0 Å². The van der Waals surface area contributed by atoms with E-state index in [0.717, 1.165) is 6.07 Å². The molecule has 0 unspecified atom stereocenters. The fourth-order valence-corrected chi connectivity index (χ4v) is 2.49. The van der Waals surface area contributed by atoms with Crippen LogP contribution in [0, 0.1) is 5.82 Å². The molecule has 0 fully saturated rings. The van der Waals surface area contributed by atoms with Crippen molar-refractivity contribution in [3.8, 4) is 5.75 Å². The maximum absolute atomic E-state index is 13.4. The second-order valence-electron chi connectivity index (χ2n) is 5.37. The number of fused-ring (bicyclic) bond motifs is 1. The number of rotatable bonds is 4. The number of nitrogens with one attached hydrogen (secondary N) is 1. The minimum Gasteiger partial charge on any atom is -0.494 e. The number of carbonyl (C=O) groups is 1. The Morgan fingerprint density at radius 2 is 1.96 bits per heavy atom. The van der Waals surface area contributed by atoms with Gasteiger partial charge in [-0.3, -0.25) is 14.3 Å². The summed E-state index contributed by atoms with van der Waals surface area (Å²) in [6.07, 6.45) is 0. The molecule has 1 N–H and O–H groups in total. The van der Waals surface area contributed by atoms with E-state index in [1.165, 1.54) is 16.8 Å². The summed E-state index contributed by atoms with van der Waals surface area (Å²) in [5, 5.41) is 6.74. The summed E-state index contributed by atoms with van der Waals surface area (Å²) in [7, 11) is 1.59. The number of nitrogens with zero attached hydrogens (tertiary/aromatic N) is 2. The van der Waals surface area contributed by atoms with Gasteiger partial charge in [0, 0.05) is 12.7 Å². The number of hydrogen-bond acceptors (Lipinski definition) is 4. The number of hydrogen-bond donors (Lipinski definition) is 1. The molecule has 128 valence electrons. The lowest BCUT2D eigenvalue weighted by Gasteiger charge is -2.09. The van der Waals surface area contributed by atoms with E-state index in [9.17, 15) is 14.0 Å². The summed E-state index contributed by atoms with van der Waals surface area (Å²) < 4.78 is 20.2. The molecule has 1 heterocycles. The maximum atomic E-state index is 13.4. The van der Waals surface area contributed by atoms with Crippen LogP contribution in [0.25, 0.3) is 10.9 Å². The van der Waals surface area contributed by atoms with Crippen LogP contribution in [0.15, 0.2) is 47.3 Å². The summed E-state index contributed by atoms with van der Waals surface area (Å²) in [6.45, 7) is 2.42. The van der Waals surface area contributed by atoms with Gasteiger partial charge in [0.15, 0.2) is 5.69 Å². The largest absolute Gasteiger partial charge is 0.494 e. The Labute approximate surface area is 142 Å². The highest BCUT2D eigenvalue weighted by atomic mass is 19.1. The molecule has 0 saturated carbocycles. The zero-order chi connectivity index (χ0) is 18.0. The van der Waals surface area contributed by atoms with E-state index in [4.69, 9.17) is 4.74 Å². The first-order chi connectivity index (χ1) is 12.0. The van der Waals surface area contributed by atoms with Crippen molar-refractivity contribution < 1.29 is 13.9 Å². The van der Waals surface area contributed by atoms with Crippen molar-refractivity contribution in [3.05, 3.63) is 64.2 Å². The zero-order valence-electron chi connectivity index (χ0n) is 13.7. The standard InChI is InChI=1S/C18H16FN3O3/c1-3-25-13-7-5-12(6-8-13)20-18(24)16-17(23)14-10-11(19)4-9-15(14)22(2)21-16/h4-10H,3H2,1-2H3,(H,20,24). The molecule has 1 aromatic heterocycles. The molecule has 0 atom stereocenters. The number of aryl methyl sites for hydroxylation is 1. The summed E-state index contributed by atoms with van der Waals surface area (Å²) in [5.41, 5.74) is 0.0335. The molecule has 0 radical (unpaired) electrons. The Bertz CT molecular complexity index is 997. The van der Waals surface area contributed by atoms with E-state index in [1.54, 1.807) is 31.3 Å². The van der Waals surface area contributed by atoms with Gasteiger partial charge in [0.05, 0.1) is 17.5 Å². The number of benzene rings is 2. The van der Waals surface area contributed by atoms with Crippen molar-refractivity contribution in [1.82, 2.24) is 9.78 Å². The number of aromatic nitrogens is 2. The fourth-order valence-electron chi connectivity index (χ4n) is 2.49. The van der Waals surface area contributed by atoms with Gasteiger partial charge in [0.25, 0.3) is 5.91 Å². The van der Waals surface area contributed by atoms with Crippen molar-refractivity contribution in [3.63, 3.8) is 0 Å². The van der Waals surface area contributed by atoms with Gasteiger partial charge in [-0.05, 0) is 49.4 Å². The van der Waals surface area contributed by atoms with Crippen molar-refractivity contribution in [2.24, 2.45) is 7.05 Å². The van der Waals surface area contributed by atoms with Gasteiger partial charge in [-0.1, -0.05) is 0 Å². The second kappa shape index (κ2) is 6.72. The van der Waals surface area contributed by atoms with E-state index >= 15 is 0 Å². The smallest absolute Gasteiger partial charge is 0.280 e. The van der Waals surface area contributed by atoms with Gasteiger partial charge in [0.1, 0.15) is 11.6 Å². The molecule has 0 bridgehead atoms. The first-order valence-corrected chi connectivity index (χ1v) is 7.70. The van der Waals surface area contributed by atoms with Gasteiger partial charge < -0.3 is 10.1 Å². The maximum Gasteiger partial charge on any atom is 0.280 e. The van der Waals surface area contributed by atoms with Crippen molar-refractivity contribution in [1.29, 1.82) is 0 Å². The van der Waals surface area contributed by atoms with Gasteiger partial charge >= 0.3 is 0 Å². The summed E-state index contributed by atoms with van der Waals surface area (Å²) in [5.74, 6) is -0.527. The molecule has 2 aromatic carbocycles. The van der Waals surface area contributed by atoms with E-state index in [2.05, 4.69) is 10.4 Å². The zero-order valence-corrected chi connectivity index (χ0v) is 13.7. The van der Waals surface area contributed by atoms with Crippen LogP contribution in [-0.2, 0) is 7.05 Å². The second-order valence-corrected chi connectivity index (χ2v) is 5.37. The van der Waals surface area contributed by atoms with Crippen LogP contribution in [-0.4, -0.2) is 22.3 Å². The fraction of sp³-hybridized carbons (Fsp3) is 0.167. The average Bonchev–Trinajstić information content (AvgIpc) is 2.60. The topological polar surface area (TPSA) is 73.2 Å². The van der Waals surface area contributed by atoms with Crippen LogP contribution >= 0.6 is 0 Å². The van der Waals surface area contributed by atoms with Crippen molar-refractivity contribution in [2.45, 2.75) is 6.92 Å². The van der Waals surface area contributed by atoms with Gasteiger partial charge in [0.2, 0.25) is 5.43 Å². The van der Waals surface area contributed by atoms with Crippen LogP contribution in [0.5, 0.6) is 5.75 Å². The van der Waals surface area contributed by atoms with Gasteiger partial charge in [-0.25, -0.2) is 4.39 Å². The number of ether oxygens (including phenoxy) is 1. The molecule has 3 aromatic rings. The van der Waals surface area contributed by atoms with Crippen LogP contribution < -0.4 is 15.5 Å². The third-order valence-electron chi connectivity index (χ3n) is 3.66. The minimum absolute atomic E-state index is 0.106. The summed E-state index contributed by atoms with van der Waals surface area (Å²) in [4.78, 5) is 24.9. The molecule has 0 saturated heterocycles. The summed E-state index contributed by atoms with van der Waals surface area (Å²) in [6, 6.07) is 10.5. The molecule has 7 heteroatoms. The first-order valence-electron chi connectivity index (χ1n) is 7.70. The third kappa shape index (κ3) is 3.35. The van der Waals surface area contributed by atoms with Crippen molar-refractivity contribution >= 4 is 22.5 Å². The molecule has 25 heavy (non-hydrogen) atoms.